The third kappa shape index (κ3) is 3.05. The Balaban J connectivity index is 1.82. The second-order valence-corrected chi connectivity index (χ2v) is 6.54. The molecule has 1 amide bonds. The Labute approximate surface area is 136 Å². The highest BCUT2D eigenvalue weighted by atomic mass is 16.2. The highest BCUT2D eigenvalue weighted by molar-refractivity contribution is 5.81. The predicted octanol–water partition coefficient (Wildman–Crippen LogP) is 2.52. The summed E-state index contributed by atoms with van der Waals surface area (Å²) in [7, 11) is 0. The largest absolute Gasteiger partial charge is 0.352 e. The minimum Gasteiger partial charge on any atom is -0.352 e. The highest BCUT2D eigenvalue weighted by Crippen LogP contribution is 2.23. The predicted molar refractivity (Wildman–Crippen MR) is 91.4 cm³/mol. The van der Waals surface area contributed by atoms with Gasteiger partial charge in [-0.2, -0.15) is 0 Å². The molecule has 0 spiro atoms. The van der Waals surface area contributed by atoms with E-state index in [1.54, 1.807) is 9.13 Å². The molecule has 124 valence electrons. The van der Waals surface area contributed by atoms with Crippen LogP contribution in [0.4, 0.5) is 0 Å². The number of nitrogens with one attached hydrogen (secondary N) is 1. The molecule has 1 saturated carbocycles. The van der Waals surface area contributed by atoms with Crippen molar-refractivity contribution in [3.05, 3.63) is 34.7 Å². The van der Waals surface area contributed by atoms with Crippen LogP contribution < -0.4 is 11.0 Å². The molecule has 1 aliphatic rings. The van der Waals surface area contributed by atoms with Crippen molar-refractivity contribution in [1.82, 2.24) is 14.5 Å². The first-order chi connectivity index (χ1) is 11.1. The SMILES string of the molecule is CCn1c(=O)n(CC(=O)NC2CCCCC2C)c2ccccc21. The van der Waals surface area contributed by atoms with Crippen LogP contribution in [-0.2, 0) is 17.9 Å². The van der Waals surface area contributed by atoms with E-state index in [1.807, 2.05) is 31.2 Å². The maximum Gasteiger partial charge on any atom is 0.329 e. The van der Waals surface area contributed by atoms with Crippen LogP contribution in [0, 0.1) is 5.92 Å². The molecule has 1 heterocycles. The van der Waals surface area contributed by atoms with Crippen LogP contribution in [0.15, 0.2) is 29.1 Å². The second-order valence-electron chi connectivity index (χ2n) is 6.54. The van der Waals surface area contributed by atoms with E-state index in [4.69, 9.17) is 0 Å². The molecule has 0 radical (unpaired) electrons. The van der Waals surface area contributed by atoms with E-state index in [1.165, 1.54) is 19.3 Å². The van der Waals surface area contributed by atoms with Crippen molar-refractivity contribution in [2.75, 3.05) is 0 Å². The monoisotopic (exact) mass is 315 g/mol. The molecule has 0 aliphatic heterocycles. The van der Waals surface area contributed by atoms with Crippen molar-refractivity contribution < 1.29 is 4.79 Å². The average Bonchev–Trinajstić information content (AvgIpc) is 2.81. The van der Waals surface area contributed by atoms with Crippen molar-refractivity contribution >= 4 is 16.9 Å². The van der Waals surface area contributed by atoms with Crippen LogP contribution in [0.3, 0.4) is 0 Å². The van der Waals surface area contributed by atoms with Crippen LogP contribution in [0.2, 0.25) is 0 Å². The third-order valence-electron chi connectivity index (χ3n) is 5.00. The number of amides is 1. The molecule has 5 heteroatoms. The van der Waals surface area contributed by atoms with E-state index < -0.39 is 0 Å². The van der Waals surface area contributed by atoms with Gasteiger partial charge in [-0.25, -0.2) is 4.79 Å². The lowest BCUT2D eigenvalue weighted by Gasteiger charge is -2.29. The molecule has 2 unspecified atom stereocenters. The Kier molecular flexibility index (Phi) is 4.55. The minimum absolute atomic E-state index is 0.0649. The highest BCUT2D eigenvalue weighted by Gasteiger charge is 2.23. The lowest BCUT2D eigenvalue weighted by atomic mass is 9.86. The summed E-state index contributed by atoms with van der Waals surface area (Å²) < 4.78 is 3.30. The summed E-state index contributed by atoms with van der Waals surface area (Å²) >= 11 is 0. The first kappa shape index (κ1) is 15.8. The summed E-state index contributed by atoms with van der Waals surface area (Å²) in [6.45, 7) is 4.84. The number of nitrogens with zero attached hydrogens (tertiary/aromatic N) is 2. The number of rotatable bonds is 4. The van der Waals surface area contributed by atoms with Gasteiger partial charge < -0.3 is 5.32 Å². The third-order valence-corrected chi connectivity index (χ3v) is 5.00. The van der Waals surface area contributed by atoms with Gasteiger partial charge in [-0.1, -0.05) is 31.9 Å². The van der Waals surface area contributed by atoms with Crippen molar-refractivity contribution in [2.45, 2.75) is 58.7 Å². The fourth-order valence-electron chi connectivity index (χ4n) is 3.66. The Hall–Kier alpha value is -2.04. The summed E-state index contributed by atoms with van der Waals surface area (Å²) in [4.78, 5) is 25.0. The molecule has 1 fully saturated rings. The number of hydrogen-bond acceptors (Lipinski definition) is 2. The molecular weight excluding hydrogens is 290 g/mol. The number of benzene rings is 1. The van der Waals surface area contributed by atoms with Gasteiger partial charge in [-0.05, 0) is 37.8 Å². The zero-order chi connectivity index (χ0) is 16.4. The number of para-hydroxylation sites is 2. The Morgan fingerprint density at radius 1 is 1.17 bits per heavy atom. The fraction of sp³-hybridized carbons (Fsp3) is 0.556. The van der Waals surface area contributed by atoms with Crippen LogP contribution in [0.25, 0.3) is 11.0 Å². The summed E-state index contributed by atoms with van der Waals surface area (Å²) in [5.41, 5.74) is 1.60. The van der Waals surface area contributed by atoms with Gasteiger partial charge in [0.1, 0.15) is 6.54 Å². The summed E-state index contributed by atoms with van der Waals surface area (Å²) in [6.07, 6.45) is 4.62. The standard InChI is InChI=1S/C18H25N3O2/c1-3-20-15-10-6-7-11-16(15)21(18(20)23)12-17(22)19-14-9-5-4-8-13(14)2/h6-7,10-11,13-14H,3-5,8-9,12H2,1-2H3,(H,19,22). The van der Waals surface area contributed by atoms with Gasteiger partial charge in [0.05, 0.1) is 11.0 Å². The van der Waals surface area contributed by atoms with E-state index in [2.05, 4.69) is 12.2 Å². The van der Waals surface area contributed by atoms with E-state index >= 15 is 0 Å². The van der Waals surface area contributed by atoms with Gasteiger partial charge in [0.2, 0.25) is 5.91 Å². The number of carbonyl (C=O) groups is 1. The molecule has 1 N–H and O–H groups in total. The van der Waals surface area contributed by atoms with Gasteiger partial charge in [0.15, 0.2) is 0 Å². The topological polar surface area (TPSA) is 56.0 Å². The molecule has 1 aliphatic carbocycles. The number of imidazole rings is 1. The van der Waals surface area contributed by atoms with Crippen molar-refractivity contribution in [1.29, 1.82) is 0 Å². The molecule has 3 rings (SSSR count). The molecule has 23 heavy (non-hydrogen) atoms. The number of aryl methyl sites for hydroxylation is 1. The van der Waals surface area contributed by atoms with Gasteiger partial charge in [-0.3, -0.25) is 13.9 Å². The molecule has 1 aromatic heterocycles. The Morgan fingerprint density at radius 2 is 1.83 bits per heavy atom. The molecule has 1 aromatic carbocycles. The normalized spacial score (nSPS) is 21.5. The summed E-state index contributed by atoms with van der Waals surface area (Å²) in [5.74, 6) is 0.450. The lowest BCUT2D eigenvalue weighted by Crippen LogP contribution is -2.43. The number of aromatic nitrogens is 2. The van der Waals surface area contributed by atoms with Gasteiger partial charge in [-0.15, -0.1) is 0 Å². The first-order valence-electron chi connectivity index (χ1n) is 8.59. The molecule has 2 aromatic rings. The fourth-order valence-corrected chi connectivity index (χ4v) is 3.66. The van der Waals surface area contributed by atoms with E-state index in [0.29, 0.717) is 12.5 Å². The number of hydrogen-bond donors (Lipinski definition) is 1. The van der Waals surface area contributed by atoms with E-state index in [0.717, 1.165) is 17.5 Å². The van der Waals surface area contributed by atoms with Crippen LogP contribution in [0.1, 0.15) is 39.5 Å². The van der Waals surface area contributed by atoms with Crippen molar-refractivity contribution in [3.8, 4) is 0 Å². The molecule has 0 bridgehead atoms. The molecule has 5 nitrogen and oxygen atoms in total. The zero-order valence-corrected chi connectivity index (χ0v) is 13.9. The summed E-state index contributed by atoms with van der Waals surface area (Å²) in [5, 5.41) is 3.13. The Morgan fingerprint density at radius 3 is 2.48 bits per heavy atom. The number of carbonyl (C=O) groups excluding carboxylic acids is 1. The van der Waals surface area contributed by atoms with Gasteiger partial charge in [0, 0.05) is 12.6 Å². The quantitative estimate of drug-likeness (QED) is 0.942. The summed E-state index contributed by atoms with van der Waals surface area (Å²) in [6, 6.07) is 7.89. The van der Waals surface area contributed by atoms with Crippen LogP contribution in [-0.4, -0.2) is 21.1 Å². The van der Waals surface area contributed by atoms with Gasteiger partial charge >= 0.3 is 5.69 Å². The minimum atomic E-state index is -0.111. The van der Waals surface area contributed by atoms with E-state index in [-0.39, 0.29) is 24.2 Å². The molecule has 0 saturated heterocycles. The zero-order valence-electron chi connectivity index (χ0n) is 13.9. The molecular formula is C18H25N3O2. The van der Waals surface area contributed by atoms with Crippen LogP contribution in [0.5, 0.6) is 0 Å². The maximum atomic E-state index is 12.6. The van der Waals surface area contributed by atoms with Crippen molar-refractivity contribution in [2.24, 2.45) is 5.92 Å². The van der Waals surface area contributed by atoms with Crippen molar-refractivity contribution in [3.63, 3.8) is 0 Å². The molecule has 2 atom stereocenters. The maximum absolute atomic E-state index is 12.6. The number of fused-ring (bicyclic) bond motifs is 1. The first-order valence-corrected chi connectivity index (χ1v) is 8.59. The van der Waals surface area contributed by atoms with Crippen LogP contribution >= 0.6 is 0 Å². The van der Waals surface area contributed by atoms with Gasteiger partial charge in [0.25, 0.3) is 0 Å². The van der Waals surface area contributed by atoms with E-state index in [9.17, 15) is 9.59 Å². The smallest absolute Gasteiger partial charge is 0.329 e. The Bertz CT molecular complexity index is 759. The lowest BCUT2D eigenvalue weighted by molar-refractivity contribution is -0.122. The average molecular weight is 315 g/mol. The second kappa shape index (κ2) is 6.60.